The zero-order valence-electron chi connectivity index (χ0n) is 17.6. The Hall–Kier alpha value is -2.73. The predicted octanol–water partition coefficient (Wildman–Crippen LogP) is 6.69. The van der Waals surface area contributed by atoms with Gasteiger partial charge in [-0.3, -0.25) is 4.72 Å². The Morgan fingerprint density at radius 3 is 2.27 bits per heavy atom. The summed E-state index contributed by atoms with van der Waals surface area (Å²) in [6, 6.07) is 17.4. The van der Waals surface area contributed by atoms with E-state index in [4.69, 9.17) is 0 Å². The van der Waals surface area contributed by atoms with Crippen LogP contribution in [0.15, 0.2) is 71.6 Å². The largest absolute Gasteiger partial charge is 0.277 e. The minimum absolute atomic E-state index is 0. The minimum Gasteiger partial charge on any atom is -0.277 e. The molecule has 0 heterocycles. The van der Waals surface area contributed by atoms with Crippen LogP contribution in [0.1, 0.15) is 44.8 Å². The first-order valence-corrected chi connectivity index (χ1v) is 11.2. The molecule has 3 rings (SSSR count). The maximum atomic E-state index is 13.5. The maximum absolute atomic E-state index is 13.5. The third kappa shape index (κ3) is 6.66. The summed E-state index contributed by atoms with van der Waals surface area (Å²) in [6.07, 6.45) is 0.739. The van der Waals surface area contributed by atoms with Crippen LogP contribution in [0.5, 0.6) is 0 Å². The van der Waals surface area contributed by atoms with Crippen LogP contribution in [-0.4, -0.2) is 8.42 Å². The van der Waals surface area contributed by atoms with E-state index in [9.17, 15) is 17.2 Å². The lowest BCUT2D eigenvalue weighted by Gasteiger charge is -2.09. The zero-order chi connectivity index (χ0) is 22.3. The molecular formula is C24H29F2NO2S. The summed E-state index contributed by atoms with van der Waals surface area (Å²) >= 11 is 0. The number of sulfonamides is 1. The van der Waals surface area contributed by atoms with Crippen molar-refractivity contribution in [1.82, 2.24) is 0 Å². The second-order valence-electron chi connectivity index (χ2n) is 7.30. The number of aryl methyl sites for hydroxylation is 2. The van der Waals surface area contributed by atoms with Gasteiger partial charge < -0.3 is 0 Å². The average molecular weight is 434 g/mol. The van der Waals surface area contributed by atoms with Crippen LogP contribution < -0.4 is 4.72 Å². The quantitative estimate of drug-likeness (QED) is 0.487. The lowest BCUT2D eigenvalue weighted by Crippen LogP contribution is -2.14. The number of hydrogen-bond donors (Lipinski definition) is 1. The summed E-state index contributed by atoms with van der Waals surface area (Å²) < 4.78 is 52.8. The summed E-state index contributed by atoms with van der Waals surface area (Å²) in [5.74, 6) is -0.323. The van der Waals surface area contributed by atoms with Gasteiger partial charge in [0.2, 0.25) is 0 Å². The van der Waals surface area contributed by atoms with E-state index < -0.39 is 15.8 Å². The van der Waals surface area contributed by atoms with Gasteiger partial charge in [0.1, 0.15) is 11.6 Å². The molecule has 0 radical (unpaired) electrons. The first kappa shape index (κ1) is 23.5. The van der Waals surface area contributed by atoms with Crippen LogP contribution in [0.3, 0.4) is 0 Å². The molecule has 0 aromatic heterocycles. The summed E-state index contributed by atoms with van der Waals surface area (Å²) in [6.45, 7) is 7.98. The molecule has 0 aliphatic carbocycles. The number of rotatable bonds is 5. The molecule has 1 N–H and O–H groups in total. The van der Waals surface area contributed by atoms with Crippen molar-refractivity contribution in [2.75, 3.05) is 4.72 Å². The fourth-order valence-electron chi connectivity index (χ4n) is 2.78. The van der Waals surface area contributed by atoms with Gasteiger partial charge in [0.05, 0.1) is 10.6 Å². The van der Waals surface area contributed by atoms with E-state index in [2.05, 4.69) is 18.6 Å². The van der Waals surface area contributed by atoms with Gasteiger partial charge >= 0.3 is 0 Å². The maximum Gasteiger partial charge on any atom is 0.261 e. The summed E-state index contributed by atoms with van der Waals surface area (Å²) in [4.78, 5) is 0.134. The predicted molar refractivity (Wildman–Crippen MR) is 120 cm³/mol. The molecule has 0 saturated heterocycles. The van der Waals surface area contributed by atoms with Crippen molar-refractivity contribution in [2.24, 2.45) is 0 Å². The summed E-state index contributed by atoms with van der Waals surface area (Å²) in [5, 5.41) is 0. The Balaban J connectivity index is 0.000000344. The molecule has 162 valence electrons. The highest BCUT2D eigenvalue weighted by molar-refractivity contribution is 7.92. The molecular weight excluding hydrogens is 404 g/mol. The molecule has 30 heavy (non-hydrogen) atoms. The monoisotopic (exact) mass is 433 g/mol. The highest BCUT2D eigenvalue weighted by Crippen LogP contribution is 2.20. The lowest BCUT2D eigenvalue weighted by molar-refractivity contribution is 0.598. The second kappa shape index (κ2) is 10.3. The van der Waals surface area contributed by atoms with Crippen LogP contribution in [0.25, 0.3) is 0 Å². The Morgan fingerprint density at radius 1 is 0.967 bits per heavy atom. The highest BCUT2D eigenvalue weighted by atomic mass is 32.2. The molecule has 0 atom stereocenters. The van der Waals surface area contributed by atoms with Gasteiger partial charge in [-0.2, -0.15) is 0 Å². The Bertz CT molecular complexity index is 1080. The standard InChI is InChI=1S/C14H14FNO2S.C10H13F.H2/c1-2-11-6-5-7-12(10-11)19(17,18)16-14-9-4-3-8-13(14)15;1-7(2)9-4-8(3)5-10(11)6-9;/h3-10,16H,2H2,1H3;4-7H,1-3H3;1H. The smallest absolute Gasteiger partial charge is 0.261 e. The number of benzene rings is 3. The van der Waals surface area contributed by atoms with E-state index in [1.165, 1.54) is 24.3 Å². The van der Waals surface area contributed by atoms with Crippen LogP contribution in [0.4, 0.5) is 14.5 Å². The van der Waals surface area contributed by atoms with Crippen LogP contribution in [0, 0.1) is 18.6 Å². The van der Waals surface area contributed by atoms with E-state index in [1.54, 1.807) is 30.3 Å². The van der Waals surface area contributed by atoms with Gasteiger partial charge in [0.25, 0.3) is 10.0 Å². The number of para-hydroxylation sites is 1. The molecule has 0 spiro atoms. The van der Waals surface area contributed by atoms with Gasteiger partial charge in [-0.1, -0.05) is 51.1 Å². The zero-order valence-corrected chi connectivity index (χ0v) is 18.4. The van der Waals surface area contributed by atoms with Crippen molar-refractivity contribution < 1.29 is 18.6 Å². The van der Waals surface area contributed by atoms with Gasteiger partial charge in [0, 0.05) is 1.43 Å². The molecule has 0 amide bonds. The lowest BCUT2D eigenvalue weighted by atomic mass is 10.0. The fourth-order valence-corrected chi connectivity index (χ4v) is 3.92. The SMILES string of the molecule is CCc1cccc(S(=O)(=O)Nc2ccccc2F)c1.Cc1cc(F)cc(C(C)C)c1.[HH]. The van der Waals surface area contributed by atoms with Gasteiger partial charge in [-0.25, -0.2) is 17.2 Å². The molecule has 3 aromatic carbocycles. The molecule has 6 heteroatoms. The topological polar surface area (TPSA) is 46.2 Å². The number of halogens is 2. The van der Waals surface area contributed by atoms with Gasteiger partial charge in [-0.05, 0) is 72.4 Å². The Morgan fingerprint density at radius 2 is 1.67 bits per heavy atom. The minimum atomic E-state index is -3.76. The van der Waals surface area contributed by atoms with Crippen LogP contribution in [-0.2, 0) is 16.4 Å². The van der Waals surface area contributed by atoms with Crippen molar-refractivity contribution in [1.29, 1.82) is 0 Å². The molecule has 0 saturated carbocycles. The normalized spacial score (nSPS) is 11.0. The number of anilines is 1. The molecule has 3 nitrogen and oxygen atoms in total. The van der Waals surface area contributed by atoms with Crippen molar-refractivity contribution in [3.63, 3.8) is 0 Å². The molecule has 0 aliphatic rings. The van der Waals surface area contributed by atoms with Gasteiger partial charge in [0.15, 0.2) is 0 Å². The van der Waals surface area contributed by atoms with Crippen molar-refractivity contribution in [3.8, 4) is 0 Å². The van der Waals surface area contributed by atoms with Gasteiger partial charge in [-0.15, -0.1) is 0 Å². The summed E-state index contributed by atoms with van der Waals surface area (Å²) in [7, 11) is -3.76. The van der Waals surface area contributed by atoms with E-state index in [1.807, 2.05) is 26.0 Å². The molecule has 0 unspecified atom stereocenters. The van der Waals surface area contributed by atoms with Crippen LogP contribution in [0.2, 0.25) is 0 Å². The van der Waals surface area contributed by atoms with E-state index in [0.29, 0.717) is 5.92 Å². The Kier molecular flexibility index (Phi) is 8.12. The van der Waals surface area contributed by atoms with Crippen molar-refractivity contribution >= 4 is 15.7 Å². The highest BCUT2D eigenvalue weighted by Gasteiger charge is 2.16. The van der Waals surface area contributed by atoms with E-state index >= 15 is 0 Å². The van der Waals surface area contributed by atoms with Crippen molar-refractivity contribution in [3.05, 3.63) is 95.1 Å². The second-order valence-corrected chi connectivity index (χ2v) is 8.99. The van der Waals surface area contributed by atoms with E-state index in [0.717, 1.165) is 23.1 Å². The first-order valence-electron chi connectivity index (χ1n) is 9.75. The van der Waals surface area contributed by atoms with Crippen LogP contribution >= 0.6 is 0 Å². The molecule has 0 fully saturated rings. The molecule has 3 aromatic rings. The molecule has 0 aliphatic heterocycles. The third-order valence-corrected chi connectivity index (χ3v) is 5.83. The Labute approximate surface area is 179 Å². The van der Waals surface area contributed by atoms with Crippen molar-refractivity contribution in [2.45, 2.75) is 44.9 Å². The number of nitrogens with one attached hydrogen (secondary N) is 1. The fraction of sp³-hybridized carbons (Fsp3) is 0.250. The third-order valence-electron chi connectivity index (χ3n) is 4.47. The molecule has 0 bridgehead atoms. The summed E-state index contributed by atoms with van der Waals surface area (Å²) in [5.41, 5.74) is 2.93. The average Bonchev–Trinajstić information content (AvgIpc) is 2.69. The van der Waals surface area contributed by atoms with E-state index in [-0.39, 0.29) is 17.8 Å². The number of hydrogen-bond acceptors (Lipinski definition) is 2. The first-order chi connectivity index (χ1) is 14.1.